The van der Waals surface area contributed by atoms with E-state index in [0.717, 1.165) is 5.01 Å². The van der Waals surface area contributed by atoms with E-state index in [1.807, 2.05) is 0 Å². The number of nitrogens with zero attached hydrogens (tertiary/aromatic N) is 2. The summed E-state index contributed by atoms with van der Waals surface area (Å²) in [6, 6.07) is 11.6. The molecule has 0 saturated carbocycles. The highest BCUT2D eigenvalue weighted by molar-refractivity contribution is 6.00. The Balaban J connectivity index is 1.55. The van der Waals surface area contributed by atoms with E-state index in [9.17, 15) is 29.3 Å². The van der Waals surface area contributed by atoms with Gasteiger partial charge >= 0.3 is 5.97 Å². The molecule has 1 N–H and O–H groups in total. The molecule has 1 aliphatic rings. The molecule has 166 valence electrons. The molecule has 0 spiro atoms. The molecular weight excluding hydrogens is 422 g/mol. The maximum atomic E-state index is 12.4. The van der Waals surface area contributed by atoms with E-state index in [0.29, 0.717) is 11.3 Å². The number of rotatable bonds is 8. The first kappa shape index (κ1) is 22.4. The van der Waals surface area contributed by atoms with Gasteiger partial charge in [0.15, 0.2) is 12.4 Å². The van der Waals surface area contributed by atoms with Crippen LogP contribution in [0.5, 0.6) is 5.75 Å². The zero-order valence-electron chi connectivity index (χ0n) is 17.0. The van der Waals surface area contributed by atoms with Crippen molar-refractivity contribution >= 4 is 29.3 Å². The molecule has 0 unspecified atom stereocenters. The Labute approximate surface area is 182 Å². The lowest BCUT2D eigenvalue weighted by atomic mass is 10.1. The molecule has 0 aliphatic carbocycles. The number of para-hydroxylation sites is 1. The number of amides is 2. The molecule has 3 rings (SSSR count). The Kier molecular flexibility index (Phi) is 6.78. The van der Waals surface area contributed by atoms with Gasteiger partial charge in [0.05, 0.1) is 24.5 Å². The Morgan fingerprint density at radius 2 is 1.84 bits per heavy atom. The summed E-state index contributed by atoms with van der Waals surface area (Å²) in [4.78, 5) is 59.4. The van der Waals surface area contributed by atoms with Crippen LogP contribution in [0.3, 0.4) is 0 Å². The normalized spacial score (nSPS) is 15.2. The minimum absolute atomic E-state index is 0.180. The van der Waals surface area contributed by atoms with Crippen molar-refractivity contribution in [1.29, 1.82) is 0 Å². The summed E-state index contributed by atoms with van der Waals surface area (Å²) < 4.78 is 10.0. The van der Waals surface area contributed by atoms with Crippen molar-refractivity contribution in [2.24, 2.45) is 5.92 Å². The van der Waals surface area contributed by atoms with Crippen LogP contribution in [0.2, 0.25) is 0 Å². The number of carbonyl (C=O) groups is 4. The van der Waals surface area contributed by atoms with Gasteiger partial charge in [0.1, 0.15) is 11.3 Å². The number of nitro benzene ring substituents is 1. The fourth-order valence-electron chi connectivity index (χ4n) is 3.10. The smallest absolute Gasteiger partial charge is 0.311 e. The molecule has 1 heterocycles. The molecule has 2 amide bonds. The van der Waals surface area contributed by atoms with Crippen LogP contribution in [0, 0.1) is 16.0 Å². The zero-order valence-corrected chi connectivity index (χ0v) is 17.0. The number of Topliss-reactive ketones (excluding diaryl/α,β-unsaturated/α-hetero) is 1. The quantitative estimate of drug-likeness (QED) is 0.281. The van der Waals surface area contributed by atoms with E-state index in [2.05, 4.69) is 5.43 Å². The van der Waals surface area contributed by atoms with Gasteiger partial charge in [0.25, 0.3) is 11.6 Å². The van der Waals surface area contributed by atoms with E-state index in [-0.39, 0.29) is 18.5 Å². The van der Waals surface area contributed by atoms with Crippen LogP contribution in [-0.4, -0.2) is 53.8 Å². The van der Waals surface area contributed by atoms with Gasteiger partial charge in [0.2, 0.25) is 5.91 Å². The van der Waals surface area contributed by atoms with Crippen molar-refractivity contribution in [3.8, 4) is 5.75 Å². The lowest BCUT2D eigenvalue weighted by molar-refractivity contribution is -0.385. The van der Waals surface area contributed by atoms with Gasteiger partial charge in [-0.15, -0.1) is 0 Å². The molecule has 2 aromatic carbocycles. The summed E-state index contributed by atoms with van der Waals surface area (Å²) in [5.74, 6) is -2.91. The molecule has 11 nitrogen and oxygen atoms in total. The average molecular weight is 441 g/mol. The highest BCUT2D eigenvalue weighted by Crippen LogP contribution is 2.21. The third-order valence-corrected chi connectivity index (χ3v) is 4.80. The molecule has 11 heteroatoms. The Morgan fingerprint density at radius 1 is 1.16 bits per heavy atom. The predicted octanol–water partition coefficient (Wildman–Crippen LogP) is 1.52. The van der Waals surface area contributed by atoms with Crippen LogP contribution >= 0.6 is 0 Å². The van der Waals surface area contributed by atoms with E-state index in [1.54, 1.807) is 12.1 Å². The van der Waals surface area contributed by atoms with E-state index in [1.165, 1.54) is 43.5 Å². The van der Waals surface area contributed by atoms with Gasteiger partial charge in [-0.2, -0.15) is 0 Å². The lowest BCUT2D eigenvalue weighted by Crippen LogP contribution is -2.43. The van der Waals surface area contributed by atoms with Crippen LogP contribution in [0.15, 0.2) is 48.5 Å². The van der Waals surface area contributed by atoms with E-state index >= 15 is 0 Å². The van der Waals surface area contributed by atoms with Gasteiger partial charge in [0, 0.05) is 18.1 Å². The predicted molar refractivity (Wildman–Crippen MR) is 109 cm³/mol. The SMILES string of the molecule is COc1ccc(C(=O)COC(=O)[C@H]2CC(=O)N(NC(=O)c3ccccc3[N+](=O)[O-])C2)cc1. The third kappa shape index (κ3) is 5.06. The number of benzene rings is 2. The lowest BCUT2D eigenvalue weighted by Gasteiger charge is -2.17. The second kappa shape index (κ2) is 9.69. The van der Waals surface area contributed by atoms with E-state index < -0.39 is 46.7 Å². The number of ketones is 1. The summed E-state index contributed by atoms with van der Waals surface area (Å²) in [5, 5.41) is 12.0. The highest BCUT2D eigenvalue weighted by Gasteiger charge is 2.37. The maximum absolute atomic E-state index is 12.4. The van der Waals surface area contributed by atoms with Gasteiger partial charge in [-0.25, -0.2) is 0 Å². The van der Waals surface area contributed by atoms with Gasteiger partial charge in [-0.05, 0) is 30.3 Å². The number of methoxy groups -OCH3 is 1. The van der Waals surface area contributed by atoms with Crippen molar-refractivity contribution in [2.45, 2.75) is 6.42 Å². The van der Waals surface area contributed by atoms with Crippen LogP contribution in [0.25, 0.3) is 0 Å². The summed E-state index contributed by atoms with van der Waals surface area (Å²) in [5.41, 5.74) is 1.98. The van der Waals surface area contributed by atoms with Crippen LogP contribution < -0.4 is 10.2 Å². The second-order valence-electron chi connectivity index (χ2n) is 6.88. The first-order valence-electron chi connectivity index (χ1n) is 9.48. The van der Waals surface area contributed by atoms with Gasteiger partial charge in [-0.3, -0.25) is 39.7 Å². The zero-order chi connectivity index (χ0) is 23.3. The molecule has 0 radical (unpaired) electrons. The Bertz CT molecular complexity index is 1070. The van der Waals surface area contributed by atoms with Crippen LogP contribution in [-0.2, 0) is 14.3 Å². The molecule has 1 atom stereocenters. The first-order chi connectivity index (χ1) is 15.3. The molecular formula is C21H19N3O8. The molecule has 0 bridgehead atoms. The fraction of sp³-hybridized carbons (Fsp3) is 0.238. The molecule has 32 heavy (non-hydrogen) atoms. The minimum atomic E-state index is -0.891. The van der Waals surface area contributed by atoms with Crippen molar-refractivity contribution in [1.82, 2.24) is 10.4 Å². The van der Waals surface area contributed by atoms with Crippen LogP contribution in [0.4, 0.5) is 5.69 Å². The third-order valence-electron chi connectivity index (χ3n) is 4.80. The fourth-order valence-corrected chi connectivity index (χ4v) is 3.10. The van der Waals surface area contributed by atoms with Crippen molar-refractivity contribution in [3.63, 3.8) is 0 Å². The number of esters is 1. The van der Waals surface area contributed by atoms with Crippen molar-refractivity contribution in [2.75, 3.05) is 20.3 Å². The maximum Gasteiger partial charge on any atom is 0.311 e. The number of nitro groups is 1. The number of hydrazine groups is 1. The van der Waals surface area contributed by atoms with Gasteiger partial charge in [-0.1, -0.05) is 12.1 Å². The summed E-state index contributed by atoms with van der Waals surface area (Å²) in [7, 11) is 1.49. The molecule has 2 aromatic rings. The van der Waals surface area contributed by atoms with E-state index in [4.69, 9.17) is 9.47 Å². The largest absolute Gasteiger partial charge is 0.497 e. The highest BCUT2D eigenvalue weighted by atomic mass is 16.6. The Morgan fingerprint density at radius 3 is 2.50 bits per heavy atom. The minimum Gasteiger partial charge on any atom is -0.497 e. The summed E-state index contributed by atoms with van der Waals surface area (Å²) in [6.45, 7) is -0.681. The number of nitrogens with one attached hydrogen (secondary N) is 1. The summed E-state index contributed by atoms with van der Waals surface area (Å²) >= 11 is 0. The molecule has 1 saturated heterocycles. The number of hydrogen-bond donors (Lipinski definition) is 1. The van der Waals surface area contributed by atoms with Crippen molar-refractivity contribution in [3.05, 3.63) is 69.8 Å². The Hall–Kier alpha value is -4.28. The van der Waals surface area contributed by atoms with Crippen molar-refractivity contribution < 1.29 is 33.6 Å². The number of carbonyl (C=O) groups excluding carboxylic acids is 4. The first-order valence-corrected chi connectivity index (χ1v) is 9.48. The van der Waals surface area contributed by atoms with Crippen LogP contribution in [0.1, 0.15) is 27.1 Å². The topological polar surface area (TPSA) is 145 Å². The monoisotopic (exact) mass is 441 g/mol. The molecule has 1 fully saturated rings. The molecule has 1 aliphatic heterocycles. The molecule has 0 aromatic heterocycles. The standard InChI is InChI=1S/C21H19N3O8/c1-31-15-8-6-13(7-9-15)18(25)12-32-21(28)14-10-19(26)23(11-14)22-20(27)16-4-2-3-5-17(16)24(29)30/h2-9,14H,10-12H2,1H3,(H,22,27)/t14-/m0/s1. The number of hydrogen-bond acceptors (Lipinski definition) is 8. The average Bonchev–Trinajstić information content (AvgIpc) is 3.17. The van der Waals surface area contributed by atoms with Gasteiger partial charge < -0.3 is 9.47 Å². The summed E-state index contributed by atoms with van der Waals surface area (Å²) in [6.07, 6.45) is -0.229. The number of ether oxygens (including phenoxy) is 2. The second-order valence-corrected chi connectivity index (χ2v) is 6.88.